The maximum Gasteiger partial charge on any atom is 0.356 e. The van der Waals surface area contributed by atoms with E-state index in [-0.39, 0.29) is 11.6 Å². The molecule has 1 heterocycles. The number of amides is 1. The van der Waals surface area contributed by atoms with Gasteiger partial charge in [-0.05, 0) is 37.1 Å². The third-order valence-corrected chi connectivity index (χ3v) is 3.28. The molecule has 1 amide bonds. The minimum absolute atomic E-state index is 0.00418. The summed E-state index contributed by atoms with van der Waals surface area (Å²) in [7, 11) is 0. The molecule has 0 fully saturated rings. The molecule has 2 N–H and O–H groups in total. The number of hydrogen-bond acceptors (Lipinski definition) is 3. The molecule has 2 aromatic rings. The van der Waals surface area contributed by atoms with Crippen LogP contribution in [0.2, 0.25) is 0 Å². The van der Waals surface area contributed by atoms with E-state index in [1.165, 1.54) is 12.5 Å². The highest BCUT2D eigenvalue weighted by atomic mass is 16.4. The summed E-state index contributed by atoms with van der Waals surface area (Å²) in [5, 5.41) is 11.6. The molecule has 0 bridgehead atoms. The van der Waals surface area contributed by atoms with Gasteiger partial charge < -0.3 is 15.0 Å². The number of aromatic nitrogens is 2. The molecular formula is C15H17N3O3. The van der Waals surface area contributed by atoms with Gasteiger partial charge >= 0.3 is 5.97 Å². The number of aryl methyl sites for hydroxylation is 2. The van der Waals surface area contributed by atoms with E-state index in [2.05, 4.69) is 10.3 Å². The van der Waals surface area contributed by atoms with Crippen LogP contribution in [-0.2, 0) is 6.54 Å². The molecule has 6 nitrogen and oxygen atoms in total. The molecule has 6 heteroatoms. The summed E-state index contributed by atoms with van der Waals surface area (Å²) >= 11 is 0. The Morgan fingerprint density at radius 2 is 2.05 bits per heavy atom. The second-order valence-corrected chi connectivity index (χ2v) is 4.86. The summed E-state index contributed by atoms with van der Waals surface area (Å²) in [5.74, 6) is -1.20. The van der Waals surface area contributed by atoms with Crippen molar-refractivity contribution in [2.45, 2.75) is 20.4 Å². The lowest BCUT2D eigenvalue weighted by Gasteiger charge is -2.07. The Bertz CT molecular complexity index is 677. The number of carbonyl (C=O) groups excluding carboxylic acids is 1. The molecule has 2 rings (SSSR count). The van der Waals surface area contributed by atoms with Gasteiger partial charge in [0.15, 0.2) is 5.69 Å². The molecular weight excluding hydrogens is 270 g/mol. The standard InChI is InChI=1S/C15H17N3O3/c1-10-3-4-12(7-11(10)2)14(19)16-5-6-18-8-13(15(20)21)17-9-18/h3-4,7-9H,5-6H2,1-2H3,(H,16,19)(H,20,21). The number of aromatic carboxylic acids is 1. The third-order valence-electron chi connectivity index (χ3n) is 3.28. The van der Waals surface area contributed by atoms with Crippen LogP contribution in [0.5, 0.6) is 0 Å². The molecule has 0 atom stereocenters. The van der Waals surface area contributed by atoms with Gasteiger partial charge in [-0.2, -0.15) is 0 Å². The second kappa shape index (κ2) is 6.21. The number of carboxylic acids is 1. The lowest BCUT2D eigenvalue weighted by atomic mass is 10.1. The van der Waals surface area contributed by atoms with Crippen molar-refractivity contribution in [3.63, 3.8) is 0 Å². The van der Waals surface area contributed by atoms with Crippen LogP contribution in [-0.4, -0.2) is 33.1 Å². The van der Waals surface area contributed by atoms with Crippen LogP contribution in [0.25, 0.3) is 0 Å². The van der Waals surface area contributed by atoms with Crippen LogP contribution < -0.4 is 5.32 Å². The van der Waals surface area contributed by atoms with Gasteiger partial charge in [-0.15, -0.1) is 0 Å². The minimum atomic E-state index is -1.06. The maximum absolute atomic E-state index is 12.0. The smallest absolute Gasteiger partial charge is 0.356 e. The quantitative estimate of drug-likeness (QED) is 0.875. The zero-order valence-electron chi connectivity index (χ0n) is 12.0. The van der Waals surface area contributed by atoms with E-state index >= 15 is 0 Å². The van der Waals surface area contributed by atoms with Gasteiger partial charge in [0.25, 0.3) is 5.91 Å². The first-order valence-corrected chi connectivity index (χ1v) is 6.58. The summed E-state index contributed by atoms with van der Waals surface area (Å²) in [6.07, 6.45) is 2.87. The average molecular weight is 287 g/mol. The molecule has 0 radical (unpaired) electrons. The van der Waals surface area contributed by atoms with Crippen LogP contribution in [0.15, 0.2) is 30.7 Å². The molecule has 0 saturated heterocycles. The van der Waals surface area contributed by atoms with Gasteiger partial charge in [-0.25, -0.2) is 9.78 Å². The molecule has 21 heavy (non-hydrogen) atoms. The highest BCUT2D eigenvalue weighted by Gasteiger charge is 2.08. The topological polar surface area (TPSA) is 84.2 Å². The normalized spacial score (nSPS) is 10.4. The number of rotatable bonds is 5. The highest BCUT2D eigenvalue weighted by molar-refractivity contribution is 5.94. The van der Waals surface area contributed by atoms with Gasteiger partial charge in [-0.3, -0.25) is 4.79 Å². The van der Waals surface area contributed by atoms with Crippen LogP contribution >= 0.6 is 0 Å². The van der Waals surface area contributed by atoms with Crippen molar-refractivity contribution in [3.05, 3.63) is 53.1 Å². The van der Waals surface area contributed by atoms with Gasteiger partial charge in [0, 0.05) is 24.8 Å². The lowest BCUT2D eigenvalue weighted by molar-refractivity contribution is 0.0690. The number of nitrogens with one attached hydrogen (secondary N) is 1. The van der Waals surface area contributed by atoms with Gasteiger partial charge in [0.1, 0.15) is 0 Å². The number of carboxylic acid groups (broad SMARTS) is 1. The number of benzene rings is 1. The summed E-state index contributed by atoms with van der Waals surface area (Å²) in [5.41, 5.74) is 2.83. The van der Waals surface area contributed by atoms with E-state index in [4.69, 9.17) is 5.11 Å². The predicted molar refractivity (Wildman–Crippen MR) is 77.4 cm³/mol. The summed E-state index contributed by atoms with van der Waals surface area (Å²) in [6.45, 7) is 4.83. The Kier molecular flexibility index (Phi) is 4.37. The van der Waals surface area contributed by atoms with E-state index in [9.17, 15) is 9.59 Å². The molecule has 0 aliphatic heterocycles. The van der Waals surface area contributed by atoms with Crippen LogP contribution in [0, 0.1) is 13.8 Å². The van der Waals surface area contributed by atoms with E-state index in [1.807, 2.05) is 26.0 Å². The molecule has 1 aromatic heterocycles. The largest absolute Gasteiger partial charge is 0.476 e. The number of nitrogens with zero attached hydrogens (tertiary/aromatic N) is 2. The summed E-state index contributed by atoms with van der Waals surface area (Å²) in [6, 6.07) is 5.56. The van der Waals surface area contributed by atoms with Crippen molar-refractivity contribution < 1.29 is 14.7 Å². The second-order valence-electron chi connectivity index (χ2n) is 4.86. The third kappa shape index (κ3) is 3.68. The van der Waals surface area contributed by atoms with Crippen molar-refractivity contribution in [2.75, 3.05) is 6.54 Å². The molecule has 0 aliphatic rings. The predicted octanol–water partition coefficient (Wildman–Crippen LogP) is 1.63. The average Bonchev–Trinajstić information content (AvgIpc) is 2.91. The SMILES string of the molecule is Cc1ccc(C(=O)NCCn2cnc(C(=O)O)c2)cc1C. The Hall–Kier alpha value is -2.63. The first-order valence-electron chi connectivity index (χ1n) is 6.58. The summed E-state index contributed by atoms with van der Waals surface area (Å²) in [4.78, 5) is 26.4. The Labute approximate surface area is 122 Å². The Morgan fingerprint density at radius 1 is 1.29 bits per heavy atom. The zero-order valence-corrected chi connectivity index (χ0v) is 12.0. The maximum atomic E-state index is 12.0. The fraction of sp³-hybridized carbons (Fsp3) is 0.267. The fourth-order valence-corrected chi connectivity index (χ4v) is 1.88. The first-order chi connectivity index (χ1) is 9.97. The van der Waals surface area contributed by atoms with Crippen molar-refractivity contribution in [2.24, 2.45) is 0 Å². The fourth-order valence-electron chi connectivity index (χ4n) is 1.88. The van der Waals surface area contributed by atoms with Gasteiger partial charge in [0.05, 0.1) is 6.33 Å². The van der Waals surface area contributed by atoms with Crippen molar-refractivity contribution in [1.82, 2.24) is 14.9 Å². The van der Waals surface area contributed by atoms with Crippen molar-refractivity contribution in [1.29, 1.82) is 0 Å². The van der Waals surface area contributed by atoms with E-state index in [1.54, 1.807) is 10.6 Å². The number of hydrogen-bond donors (Lipinski definition) is 2. The Morgan fingerprint density at radius 3 is 2.67 bits per heavy atom. The number of imidazole rings is 1. The van der Waals surface area contributed by atoms with Gasteiger partial charge in [0.2, 0.25) is 0 Å². The van der Waals surface area contributed by atoms with Crippen molar-refractivity contribution >= 4 is 11.9 Å². The molecule has 0 saturated carbocycles. The molecule has 1 aromatic carbocycles. The molecule has 0 spiro atoms. The first kappa shape index (κ1) is 14.8. The molecule has 0 unspecified atom stereocenters. The monoisotopic (exact) mass is 287 g/mol. The van der Waals surface area contributed by atoms with Crippen LogP contribution in [0.4, 0.5) is 0 Å². The molecule has 0 aliphatic carbocycles. The van der Waals surface area contributed by atoms with Crippen LogP contribution in [0.1, 0.15) is 32.0 Å². The molecule has 110 valence electrons. The summed E-state index contributed by atoms with van der Waals surface area (Å²) < 4.78 is 1.63. The van der Waals surface area contributed by atoms with E-state index in [0.29, 0.717) is 18.7 Å². The zero-order chi connectivity index (χ0) is 15.4. The lowest BCUT2D eigenvalue weighted by Crippen LogP contribution is -2.27. The van der Waals surface area contributed by atoms with E-state index < -0.39 is 5.97 Å². The van der Waals surface area contributed by atoms with Crippen LogP contribution in [0.3, 0.4) is 0 Å². The van der Waals surface area contributed by atoms with E-state index in [0.717, 1.165) is 11.1 Å². The Balaban J connectivity index is 1.88. The van der Waals surface area contributed by atoms with Gasteiger partial charge in [-0.1, -0.05) is 6.07 Å². The minimum Gasteiger partial charge on any atom is -0.476 e. The van der Waals surface area contributed by atoms with Crippen molar-refractivity contribution in [3.8, 4) is 0 Å². The highest BCUT2D eigenvalue weighted by Crippen LogP contribution is 2.09. The number of carbonyl (C=O) groups is 2.